The van der Waals surface area contributed by atoms with Gasteiger partial charge in [-0.3, -0.25) is 0 Å². The normalized spacial score (nSPS) is 14.4. The molecular weight excluding hydrogens is 210 g/mol. The molecule has 0 saturated carbocycles. The molecule has 0 aliphatic carbocycles. The van der Waals surface area contributed by atoms with Crippen molar-refractivity contribution >= 4 is 0 Å². The van der Waals surface area contributed by atoms with Crippen LogP contribution in [0.25, 0.3) is 0 Å². The number of rotatable bonds is 7. The van der Waals surface area contributed by atoms with E-state index in [1.807, 2.05) is 12.1 Å². The molecule has 2 unspecified atom stereocenters. The van der Waals surface area contributed by atoms with Gasteiger partial charge in [0.25, 0.3) is 0 Å². The van der Waals surface area contributed by atoms with Crippen LogP contribution in [0.3, 0.4) is 0 Å². The largest absolute Gasteiger partial charge is 0.497 e. The highest BCUT2D eigenvalue weighted by Gasteiger charge is 2.08. The molecule has 0 heterocycles. The molecule has 17 heavy (non-hydrogen) atoms. The molecule has 2 heteroatoms. The van der Waals surface area contributed by atoms with Gasteiger partial charge in [0.1, 0.15) is 5.75 Å². The molecule has 0 aliphatic rings. The summed E-state index contributed by atoms with van der Waals surface area (Å²) in [6.07, 6.45) is 3.81. The first-order valence-corrected chi connectivity index (χ1v) is 6.57. The minimum Gasteiger partial charge on any atom is -0.497 e. The van der Waals surface area contributed by atoms with E-state index >= 15 is 0 Å². The lowest BCUT2D eigenvalue weighted by Gasteiger charge is -2.20. The maximum atomic E-state index is 5.16. The van der Waals surface area contributed by atoms with Crippen LogP contribution in [-0.4, -0.2) is 13.2 Å². The zero-order valence-electron chi connectivity index (χ0n) is 11.5. The van der Waals surface area contributed by atoms with Crippen LogP contribution in [0.5, 0.6) is 5.75 Å². The van der Waals surface area contributed by atoms with Crippen LogP contribution < -0.4 is 10.1 Å². The molecule has 0 aliphatic heterocycles. The summed E-state index contributed by atoms with van der Waals surface area (Å²) < 4.78 is 5.16. The molecular formula is C15H25NO. The first-order valence-electron chi connectivity index (χ1n) is 6.57. The van der Waals surface area contributed by atoms with Gasteiger partial charge in [-0.1, -0.05) is 31.9 Å². The monoisotopic (exact) mass is 235 g/mol. The summed E-state index contributed by atoms with van der Waals surface area (Å²) in [5.41, 5.74) is 1.31. The predicted molar refractivity (Wildman–Crippen MR) is 73.5 cm³/mol. The molecule has 1 aromatic rings. The van der Waals surface area contributed by atoms with Crippen LogP contribution in [0, 0.1) is 0 Å². The highest BCUT2D eigenvalue weighted by Crippen LogP contribution is 2.18. The molecule has 0 saturated heterocycles. The summed E-state index contributed by atoms with van der Waals surface area (Å²) in [4.78, 5) is 0. The lowest BCUT2D eigenvalue weighted by molar-refractivity contribution is 0.413. The van der Waals surface area contributed by atoms with Crippen LogP contribution in [0.15, 0.2) is 24.3 Å². The number of hydrogen-bond donors (Lipinski definition) is 1. The van der Waals surface area contributed by atoms with E-state index in [2.05, 4.69) is 38.2 Å². The Balaban J connectivity index is 2.47. The Morgan fingerprint density at radius 1 is 1.18 bits per heavy atom. The van der Waals surface area contributed by atoms with E-state index in [-0.39, 0.29) is 0 Å². The molecule has 1 N–H and O–H groups in total. The van der Waals surface area contributed by atoms with Gasteiger partial charge in [0.2, 0.25) is 0 Å². The van der Waals surface area contributed by atoms with Crippen molar-refractivity contribution in [3.63, 3.8) is 0 Å². The van der Waals surface area contributed by atoms with Crippen LogP contribution in [-0.2, 0) is 0 Å². The summed E-state index contributed by atoms with van der Waals surface area (Å²) >= 11 is 0. The Morgan fingerprint density at radius 2 is 1.82 bits per heavy atom. The highest BCUT2D eigenvalue weighted by atomic mass is 16.5. The number of methoxy groups -OCH3 is 1. The summed E-state index contributed by atoms with van der Waals surface area (Å²) in [6, 6.07) is 9.26. The number of unbranched alkanes of at least 4 members (excludes halogenated alkanes) is 1. The molecule has 1 aromatic carbocycles. The second kappa shape index (κ2) is 7.33. The highest BCUT2D eigenvalue weighted by molar-refractivity contribution is 5.28. The van der Waals surface area contributed by atoms with Gasteiger partial charge in [-0.05, 0) is 38.0 Å². The molecule has 0 radical (unpaired) electrons. The van der Waals surface area contributed by atoms with E-state index in [1.165, 1.54) is 24.8 Å². The van der Waals surface area contributed by atoms with E-state index in [9.17, 15) is 0 Å². The quantitative estimate of drug-likeness (QED) is 0.773. The standard InChI is InChI=1S/C15H25NO/c1-5-6-7-12(2)16-13(3)14-8-10-15(17-4)11-9-14/h8-13,16H,5-7H2,1-4H3. The molecule has 2 nitrogen and oxygen atoms in total. The fraction of sp³-hybridized carbons (Fsp3) is 0.600. The van der Waals surface area contributed by atoms with Crippen molar-refractivity contribution in [3.8, 4) is 5.75 Å². The van der Waals surface area contributed by atoms with E-state index in [0.29, 0.717) is 12.1 Å². The average Bonchev–Trinajstić information content (AvgIpc) is 2.36. The number of benzene rings is 1. The second-order valence-corrected chi connectivity index (χ2v) is 4.70. The van der Waals surface area contributed by atoms with Crippen LogP contribution in [0.4, 0.5) is 0 Å². The summed E-state index contributed by atoms with van der Waals surface area (Å²) in [5, 5.41) is 3.63. The third-order valence-electron chi connectivity index (χ3n) is 3.14. The summed E-state index contributed by atoms with van der Waals surface area (Å²) in [7, 11) is 1.70. The van der Waals surface area contributed by atoms with Gasteiger partial charge in [-0.25, -0.2) is 0 Å². The minimum absolute atomic E-state index is 0.396. The fourth-order valence-corrected chi connectivity index (χ4v) is 2.01. The van der Waals surface area contributed by atoms with Crippen molar-refractivity contribution in [2.24, 2.45) is 0 Å². The Bertz CT molecular complexity index is 307. The third kappa shape index (κ3) is 4.78. The third-order valence-corrected chi connectivity index (χ3v) is 3.14. The van der Waals surface area contributed by atoms with E-state index in [1.54, 1.807) is 7.11 Å². The van der Waals surface area contributed by atoms with Crippen LogP contribution >= 0.6 is 0 Å². The Kier molecular flexibility index (Phi) is 6.06. The summed E-state index contributed by atoms with van der Waals surface area (Å²) in [5.74, 6) is 0.917. The second-order valence-electron chi connectivity index (χ2n) is 4.70. The maximum Gasteiger partial charge on any atom is 0.118 e. The Morgan fingerprint density at radius 3 is 2.35 bits per heavy atom. The molecule has 0 spiro atoms. The lowest BCUT2D eigenvalue weighted by Crippen LogP contribution is -2.28. The number of hydrogen-bond acceptors (Lipinski definition) is 2. The molecule has 0 fully saturated rings. The van der Waals surface area contributed by atoms with Crippen molar-refractivity contribution in [1.82, 2.24) is 5.32 Å². The van der Waals surface area contributed by atoms with Gasteiger partial charge in [-0.15, -0.1) is 0 Å². The van der Waals surface area contributed by atoms with Gasteiger partial charge >= 0.3 is 0 Å². The lowest BCUT2D eigenvalue weighted by atomic mass is 10.1. The number of nitrogens with one attached hydrogen (secondary N) is 1. The maximum absolute atomic E-state index is 5.16. The summed E-state index contributed by atoms with van der Waals surface area (Å²) in [6.45, 7) is 6.71. The van der Waals surface area contributed by atoms with Crippen molar-refractivity contribution < 1.29 is 4.74 Å². The van der Waals surface area contributed by atoms with Crippen LogP contribution in [0.2, 0.25) is 0 Å². The first-order chi connectivity index (χ1) is 8.17. The topological polar surface area (TPSA) is 21.3 Å². The molecule has 0 bridgehead atoms. The predicted octanol–water partition coefficient (Wildman–Crippen LogP) is 3.92. The van der Waals surface area contributed by atoms with Crippen LogP contribution in [0.1, 0.15) is 51.6 Å². The fourth-order valence-electron chi connectivity index (χ4n) is 2.01. The number of ether oxygens (including phenoxy) is 1. The van der Waals surface area contributed by atoms with Gasteiger partial charge in [-0.2, -0.15) is 0 Å². The minimum atomic E-state index is 0.396. The molecule has 96 valence electrons. The smallest absolute Gasteiger partial charge is 0.118 e. The average molecular weight is 235 g/mol. The van der Waals surface area contributed by atoms with E-state index in [4.69, 9.17) is 4.74 Å². The SMILES string of the molecule is CCCCC(C)NC(C)c1ccc(OC)cc1. The Hall–Kier alpha value is -1.02. The van der Waals surface area contributed by atoms with Crippen molar-refractivity contribution in [3.05, 3.63) is 29.8 Å². The van der Waals surface area contributed by atoms with Crippen molar-refractivity contribution in [2.75, 3.05) is 7.11 Å². The van der Waals surface area contributed by atoms with Gasteiger partial charge in [0.05, 0.1) is 7.11 Å². The molecule has 1 rings (SSSR count). The van der Waals surface area contributed by atoms with Gasteiger partial charge in [0, 0.05) is 12.1 Å². The first kappa shape index (κ1) is 14.0. The zero-order valence-corrected chi connectivity index (χ0v) is 11.5. The van der Waals surface area contributed by atoms with Gasteiger partial charge in [0.15, 0.2) is 0 Å². The van der Waals surface area contributed by atoms with E-state index in [0.717, 1.165) is 5.75 Å². The molecule has 0 aromatic heterocycles. The zero-order chi connectivity index (χ0) is 12.7. The van der Waals surface area contributed by atoms with Crippen molar-refractivity contribution in [1.29, 1.82) is 0 Å². The van der Waals surface area contributed by atoms with Gasteiger partial charge < -0.3 is 10.1 Å². The van der Waals surface area contributed by atoms with E-state index < -0.39 is 0 Å². The van der Waals surface area contributed by atoms with Crippen molar-refractivity contribution in [2.45, 2.75) is 52.1 Å². The molecule has 0 amide bonds. The molecule has 2 atom stereocenters. The Labute approximate surface area is 105 Å².